The Hall–Kier alpha value is -2.11. The summed E-state index contributed by atoms with van der Waals surface area (Å²) in [7, 11) is 0. The lowest BCUT2D eigenvalue weighted by Crippen LogP contribution is -2.18. The zero-order chi connectivity index (χ0) is 40.1. The molecule has 286 valence electrons. The van der Waals surface area contributed by atoms with Crippen LogP contribution in [0.2, 0.25) is 0 Å². The van der Waals surface area contributed by atoms with Crippen LogP contribution in [0.5, 0.6) is 0 Å². The van der Waals surface area contributed by atoms with E-state index in [1.54, 1.807) is 0 Å². The lowest BCUT2D eigenvalue weighted by Gasteiger charge is -2.20. The van der Waals surface area contributed by atoms with Gasteiger partial charge < -0.3 is 0 Å². The largest absolute Gasteiger partial charge is 0.241 e. The van der Waals surface area contributed by atoms with Gasteiger partial charge in [0, 0.05) is 26.0 Å². The first-order valence-corrected chi connectivity index (χ1v) is 20.6. The van der Waals surface area contributed by atoms with Crippen LogP contribution < -0.4 is 0 Å². The molecule has 3 aromatic heterocycles. The van der Waals surface area contributed by atoms with Gasteiger partial charge in [-0.05, 0) is 58.2 Å². The van der Waals surface area contributed by atoms with Crippen LogP contribution in [-0.2, 0) is 32.5 Å². The maximum atomic E-state index is 4.73. The van der Waals surface area contributed by atoms with Crippen LogP contribution in [0.4, 0.5) is 0 Å². The third-order valence-corrected chi connectivity index (χ3v) is 10.6. The van der Waals surface area contributed by atoms with Gasteiger partial charge in [-0.1, -0.05) is 172 Å². The Labute approximate surface area is 319 Å². The van der Waals surface area contributed by atoms with Gasteiger partial charge in [-0.2, -0.15) is 10.2 Å². The molecule has 1 aromatic carbocycles. The summed E-state index contributed by atoms with van der Waals surface area (Å²) < 4.78 is 1.31. The molecule has 0 fully saturated rings. The molecule has 3 heterocycles. The fraction of sp³-hybridized carbons (Fsp3) is 0.667. The van der Waals surface area contributed by atoms with E-state index in [-0.39, 0.29) is 21.7 Å². The van der Waals surface area contributed by atoms with E-state index in [4.69, 9.17) is 4.98 Å². The molecule has 0 N–H and O–H groups in total. The lowest BCUT2D eigenvalue weighted by molar-refractivity contribution is 0.527. The molecule has 0 spiro atoms. The Morgan fingerprint density at radius 1 is 0.400 bits per heavy atom. The number of thiophene rings is 1. The number of hydrogen-bond donors (Lipinski definition) is 0. The third-order valence-electron chi connectivity index (χ3n) is 7.18. The van der Waals surface area contributed by atoms with Gasteiger partial charge in [-0.25, -0.2) is 4.98 Å². The highest BCUT2D eigenvalue weighted by atomic mass is 32.1. The van der Waals surface area contributed by atoms with E-state index in [1.165, 1.54) is 25.0 Å². The smallest absolute Gasteiger partial charge is 0.0992 e. The Bertz CT molecular complexity index is 1410. The highest BCUT2D eigenvalue weighted by Crippen LogP contribution is 2.36. The minimum Gasteiger partial charge on any atom is -0.241 e. The summed E-state index contributed by atoms with van der Waals surface area (Å²) >= 11 is 3.77. The second-order valence-corrected chi connectivity index (χ2v) is 20.3. The van der Waals surface area contributed by atoms with E-state index in [0.29, 0.717) is 10.8 Å². The van der Waals surface area contributed by atoms with E-state index < -0.39 is 0 Å². The Balaban J connectivity index is 0. The molecule has 0 aliphatic rings. The summed E-state index contributed by atoms with van der Waals surface area (Å²) in [6.45, 7) is 51.9. The van der Waals surface area contributed by atoms with E-state index in [1.807, 2.05) is 64.2 Å². The van der Waals surface area contributed by atoms with Crippen molar-refractivity contribution in [2.75, 3.05) is 0 Å². The summed E-state index contributed by atoms with van der Waals surface area (Å²) in [6.07, 6.45) is 0. The topological polar surface area (TPSA) is 38.7 Å². The fourth-order valence-corrected chi connectivity index (χ4v) is 6.17. The van der Waals surface area contributed by atoms with E-state index in [2.05, 4.69) is 177 Å². The summed E-state index contributed by atoms with van der Waals surface area (Å²) in [6, 6.07) is 15.3. The zero-order valence-corrected chi connectivity index (χ0v) is 38.8. The van der Waals surface area contributed by atoms with Crippen molar-refractivity contribution in [3.05, 3.63) is 74.2 Å². The molecule has 5 heteroatoms. The summed E-state index contributed by atoms with van der Waals surface area (Å²) in [5, 5.41) is 9.75. The van der Waals surface area contributed by atoms with Crippen LogP contribution in [-0.4, -0.2) is 15.2 Å². The normalized spacial score (nSPS) is 12.0. The molecular weight excluding hydrogens is 647 g/mol. The predicted octanol–water partition coefficient (Wildman–Crippen LogP) is 15.4. The standard InChI is InChI=1S/C15H21NS.C12H20N2.C12H20S.3C2H6/c1-14(2,3)10-7-8-11-12(9-10)17-13(16-11)15(4,5)6;1-11(2,3)9-7-8-10(14-13-9)12(4,5)6;1-11(2,3)9-7-8-10(13-9)12(4,5)6;3*1-2/h7-9H,1-6H3;7-8H,1-6H3;7-8H,1-6H3;3*1-2H3. The highest BCUT2D eigenvalue weighted by molar-refractivity contribution is 7.18. The van der Waals surface area contributed by atoms with Crippen molar-refractivity contribution in [1.82, 2.24) is 15.2 Å². The van der Waals surface area contributed by atoms with Gasteiger partial charge in [0.05, 0.1) is 26.6 Å². The molecule has 0 saturated carbocycles. The van der Waals surface area contributed by atoms with Crippen LogP contribution in [0.1, 0.15) is 198 Å². The minimum atomic E-state index is 0.0867. The molecule has 0 aliphatic heterocycles. The van der Waals surface area contributed by atoms with Gasteiger partial charge in [0.25, 0.3) is 0 Å². The first-order chi connectivity index (χ1) is 22.6. The molecular formula is C45H79N3S2. The number of benzene rings is 1. The molecule has 4 aromatic rings. The number of hydrogen-bond acceptors (Lipinski definition) is 5. The SMILES string of the molecule is CC.CC.CC.CC(C)(C)c1ccc(C(C)(C)C)nn1.CC(C)(C)c1ccc(C(C)(C)C)s1.CC(C)(C)c1ccc2nc(C(C)(C)C)sc2c1. The first-order valence-electron chi connectivity index (χ1n) is 19.0. The van der Waals surface area contributed by atoms with E-state index in [9.17, 15) is 0 Å². The van der Waals surface area contributed by atoms with E-state index in [0.717, 1.165) is 16.9 Å². The molecule has 3 nitrogen and oxygen atoms in total. The number of thiazole rings is 1. The number of rotatable bonds is 0. The van der Waals surface area contributed by atoms with Crippen LogP contribution in [0.25, 0.3) is 10.2 Å². The quantitative estimate of drug-likeness (QED) is 0.181. The maximum absolute atomic E-state index is 4.73. The van der Waals surface area contributed by atoms with Gasteiger partial charge in [-0.3, -0.25) is 0 Å². The van der Waals surface area contributed by atoms with Crippen LogP contribution in [0, 0.1) is 0 Å². The molecule has 0 unspecified atom stereocenters. The highest BCUT2D eigenvalue weighted by Gasteiger charge is 2.22. The van der Waals surface area contributed by atoms with Gasteiger partial charge in [0.2, 0.25) is 0 Å². The fourth-order valence-electron chi connectivity index (χ4n) is 3.99. The maximum Gasteiger partial charge on any atom is 0.0992 e. The third kappa shape index (κ3) is 16.9. The molecule has 50 heavy (non-hydrogen) atoms. The summed E-state index contributed by atoms with van der Waals surface area (Å²) in [5.74, 6) is 0. The average molecular weight is 726 g/mol. The zero-order valence-electron chi connectivity index (χ0n) is 37.2. The first kappa shape index (κ1) is 50.0. The van der Waals surface area contributed by atoms with Gasteiger partial charge in [0.15, 0.2) is 0 Å². The monoisotopic (exact) mass is 726 g/mol. The van der Waals surface area contributed by atoms with Crippen molar-refractivity contribution < 1.29 is 0 Å². The van der Waals surface area contributed by atoms with Gasteiger partial charge >= 0.3 is 0 Å². The second-order valence-electron chi connectivity index (χ2n) is 18.2. The molecule has 0 aliphatic carbocycles. The molecule has 0 radical (unpaired) electrons. The average Bonchev–Trinajstić information content (AvgIpc) is 3.68. The van der Waals surface area contributed by atoms with Gasteiger partial charge in [0.1, 0.15) is 0 Å². The molecule has 0 bridgehead atoms. The van der Waals surface area contributed by atoms with Crippen molar-refractivity contribution in [3.63, 3.8) is 0 Å². The van der Waals surface area contributed by atoms with E-state index >= 15 is 0 Å². The van der Waals surface area contributed by atoms with Crippen molar-refractivity contribution in [2.24, 2.45) is 0 Å². The van der Waals surface area contributed by atoms with Crippen LogP contribution >= 0.6 is 22.7 Å². The molecule has 0 amide bonds. The predicted molar refractivity (Wildman–Crippen MR) is 232 cm³/mol. The number of aromatic nitrogens is 3. The second kappa shape index (κ2) is 20.2. The van der Waals surface area contributed by atoms with Crippen molar-refractivity contribution in [3.8, 4) is 0 Å². The minimum absolute atomic E-state index is 0.0867. The van der Waals surface area contributed by atoms with Crippen LogP contribution in [0.3, 0.4) is 0 Å². The Kier molecular flexibility index (Phi) is 20.2. The van der Waals surface area contributed by atoms with Crippen molar-refractivity contribution in [1.29, 1.82) is 0 Å². The van der Waals surface area contributed by atoms with Crippen molar-refractivity contribution >= 4 is 32.9 Å². The Morgan fingerprint density at radius 3 is 1.04 bits per heavy atom. The van der Waals surface area contributed by atoms with Crippen molar-refractivity contribution in [2.45, 2.75) is 199 Å². The van der Waals surface area contributed by atoms with Gasteiger partial charge in [-0.15, -0.1) is 22.7 Å². The molecule has 0 saturated heterocycles. The molecule has 4 rings (SSSR count). The summed E-state index contributed by atoms with van der Waals surface area (Å²) in [5.41, 5.74) is 5.74. The number of nitrogens with zero attached hydrogens (tertiary/aromatic N) is 3. The molecule has 0 atom stereocenters. The summed E-state index contributed by atoms with van der Waals surface area (Å²) in [4.78, 5) is 7.69. The Morgan fingerprint density at radius 2 is 0.780 bits per heavy atom. The van der Waals surface area contributed by atoms with Crippen LogP contribution in [0.15, 0.2) is 42.5 Å². The lowest BCUT2D eigenvalue weighted by atomic mass is 9.87. The number of fused-ring (bicyclic) bond motifs is 1.